The highest BCUT2D eigenvalue weighted by Gasteiger charge is 2.23. The van der Waals surface area contributed by atoms with Crippen molar-refractivity contribution in [1.82, 2.24) is 19.5 Å². The molecular formula is C22H26BrN5O3. The molecule has 1 fully saturated rings. The molecule has 0 atom stereocenters. The summed E-state index contributed by atoms with van der Waals surface area (Å²) in [6.07, 6.45) is 7.77. The molecule has 3 aromatic heterocycles. The van der Waals surface area contributed by atoms with Gasteiger partial charge in [0.1, 0.15) is 11.5 Å². The van der Waals surface area contributed by atoms with Crippen molar-refractivity contribution in [3.05, 3.63) is 50.5 Å². The Bertz CT molecular complexity index is 1110. The Hall–Kier alpha value is -2.36. The summed E-state index contributed by atoms with van der Waals surface area (Å²) in [5.74, 6) is 1.04. The quantitative estimate of drug-likeness (QED) is 0.474. The standard InChI is InChI=1S/C22H26BrN5O3/c1-14-17-12-25-22(26-18-8-7-15(11-24-18)13-31-10-9-30-2)27-20(17)28(21(29)19(14)23)16-5-3-4-6-16/h7-8,11-12,16H,3-6,9-10,13H2,1-2H3,(H,24,25,26,27). The van der Waals surface area contributed by atoms with E-state index in [4.69, 9.17) is 14.5 Å². The highest BCUT2D eigenvalue weighted by molar-refractivity contribution is 9.10. The number of aromatic nitrogens is 4. The van der Waals surface area contributed by atoms with Crippen LogP contribution in [0.25, 0.3) is 11.0 Å². The van der Waals surface area contributed by atoms with E-state index in [0.29, 0.717) is 41.7 Å². The zero-order valence-corrected chi connectivity index (χ0v) is 19.3. The SMILES string of the molecule is COCCOCc1ccc(Nc2ncc3c(C)c(Br)c(=O)n(C4CCCC4)c3n2)nc1. The molecule has 0 aliphatic heterocycles. The molecule has 3 aromatic rings. The summed E-state index contributed by atoms with van der Waals surface area (Å²) in [6.45, 7) is 3.50. The first kappa shape index (κ1) is 21.9. The second kappa shape index (κ2) is 9.84. The van der Waals surface area contributed by atoms with E-state index >= 15 is 0 Å². The van der Waals surface area contributed by atoms with Crippen LogP contribution in [0.4, 0.5) is 11.8 Å². The lowest BCUT2D eigenvalue weighted by molar-refractivity contribution is 0.0615. The van der Waals surface area contributed by atoms with Gasteiger partial charge in [0.2, 0.25) is 5.95 Å². The third-order valence-corrected chi connectivity index (χ3v) is 6.53. The Balaban J connectivity index is 1.59. The zero-order chi connectivity index (χ0) is 21.8. The van der Waals surface area contributed by atoms with Crippen LogP contribution in [0.2, 0.25) is 0 Å². The molecule has 8 nitrogen and oxygen atoms in total. The van der Waals surface area contributed by atoms with Crippen LogP contribution in [0.5, 0.6) is 0 Å². The molecule has 3 heterocycles. The Kier molecular flexibility index (Phi) is 6.94. The van der Waals surface area contributed by atoms with Gasteiger partial charge in [-0.2, -0.15) is 4.98 Å². The van der Waals surface area contributed by atoms with Gasteiger partial charge in [0.15, 0.2) is 0 Å². The maximum atomic E-state index is 13.0. The van der Waals surface area contributed by atoms with Crippen molar-refractivity contribution < 1.29 is 9.47 Å². The molecule has 31 heavy (non-hydrogen) atoms. The molecule has 0 bridgehead atoms. The molecule has 9 heteroatoms. The highest BCUT2D eigenvalue weighted by atomic mass is 79.9. The number of halogens is 1. The smallest absolute Gasteiger partial charge is 0.267 e. The number of methoxy groups -OCH3 is 1. The second-order valence-electron chi connectivity index (χ2n) is 7.71. The van der Waals surface area contributed by atoms with Gasteiger partial charge in [-0.3, -0.25) is 9.36 Å². The van der Waals surface area contributed by atoms with Crippen molar-refractivity contribution >= 4 is 38.7 Å². The predicted octanol–water partition coefficient (Wildman–Crippen LogP) is 4.28. The highest BCUT2D eigenvalue weighted by Crippen LogP contribution is 2.32. The maximum absolute atomic E-state index is 13.0. The maximum Gasteiger partial charge on any atom is 0.267 e. The van der Waals surface area contributed by atoms with E-state index in [-0.39, 0.29) is 11.6 Å². The van der Waals surface area contributed by atoms with Gasteiger partial charge in [-0.15, -0.1) is 0 Å². The van der Waals surface area contributed by atoms with Gasteiger partial charge in [0.05, 0.1) is 24.3 Å². The summed E-state index contributed by atoms with van der Waals surface area (Å²) in [4.78, 5) is 26.6. The molecule has 1 saturated carbocycles. The molecule has 0 radical (unpaired) electrons. The summed E-state index contributed by atoms with van der Waals surface area (Å²) >= 11 is 3.47. The van der Waals surface area contributed by atoms with Crippen molar-refractivity contribution in [2.75, 3.05) is 25.6 Å². The van der Waals surface area contributed by atoms with Crippen LogP contribution in [0, 0.1) is 6.92 Å². The molecular weight excluding hydrogens is 462 g/mol. The van der Waals surface area contributed by atoms with Crippen molar-refractivity contribution in [2.45, 2.75) is 45.3 Å². The summed E-state index contributed by atoms with van der Waals surface area (Å²) in [6, 6.07) is 3.98. The van der Waals surface area contributed by atoms with Crippen LogP contribution < -0.4 is 10.9 Å². The minimum absolute atomic E-state index is 0.0301. The monoisotopic (exact) mass is 487 g/mol. The average Bonchev–Trinajstić information content (AvgIpc) is 3.31. The normalized spacial score (nSPS) is 14.4. The van der Waals surface area contributed by atoms with Gasteiger partial charge in [-0.1, -0.05) is 18.9 Å². The lowest BCUT2D eigenvalue weighted by Crippen LogP contribution is -2.26. The fourth-order valence-electron chi connectivity index (χ4n) is 3.89. The molecule has 1 aliphatic carbocycles. The first-order valence-electron chi connectivity index (χ1n) is 10.4. The van der Waals surface area contributed by atoms with Crippen LogP contribution in [0.3, 0.4) is 0 Å². The van der Waals surface area contributed by atoms with Gasteiger partial charge in [-0.05, 0) is 52.9 Å². The van der Waals surface area contributed by atoms with Gasteiger partial charge in [0, 0.05) is 30.9 Å². The van der Waals surface area contributed by atoms with E-state index in [1.54, 1.807) is 19.5 Å². The van der Waals surface area contributed by atoms with Gasteiger partial charge < -0.3 is 14.8 Å². The van der Waals surface area contributed by atoms with Gasteiger partial charge >= 0.3 is 0 Å². The number of rotatable bonds is 8. The molecule has 0 unspecified atom stereocenters. The first-order valence-corrected chi connectivity index (χ1v) is 11.2. The molecule has 4 rings (SSSR count). The fourth-order valence-corrected chi connectivity index (χ4v) is 4.30. The third-order valence-electron chi connectivity index (χ3n) is 5.59. The van der Waals surface area contributed by atoms with Crippen LogP contribution in [0.15, 0.2) is 33.8 Å². The number of ether oxygens (including phenoxy) is 2. The molecule has 1 aliphatic rings. The Morgan fingerprint density at radius 1 is 1.19 bits per heavy atom. The number of pyridine rings is 2. The van der Waals surface area contributed by atoms with Crippen molar-refractivity contribution in [3.63, 3.8) is 0 Å². The minimum atomic E-state index is -0.0301. The number of nitrogens with one attached hydrogen (secondary N) is 1. The molecule has 1 N–H and O–H groups in total. The predicted molar refractivity (Wildman–Crippen MR) is 123 cm³/mol. The fraction of sp³-hybridized carbons (Fsp3) is 0.455. The number of nitrogens with zero attached hydrogens (tertiary/aromatic N) is 4. The van der Waals surface area contributed by atoms with E-state index in [1.807, 2.05) is 23.6 Å². The zero-order valence-electron chi connectivity index (χ0n) is 17.7. The van der Waals surface area contributed by atoms with Crippen LogP contribution in [0.1, 0.15) is 42.9 Å². The lowest BCUT2D eigenvalue weighted by Gasteiger charge is -2.18. The number of hydrogen-bond acceptors (Lipinski definition) is 7. The lowest BCUT2D eigenvalue weighted by atomic mass is 10.1. The molecule has 0 amide bonds. The summed E-state index contributed by atoms with van der Waals surface area (Å²) < 4.78 is 12.9. The Morgan fingerprint density at radius 2 is 2.00 bits per heavy atom. The van der Waals surface area contributed by atoms with Crippen LogP contribution in [-0.2, 0) is 16.1 Å². The Labute approximate surface area is 189 Å². The van der Waals surface area contributed by atoms with E-state index in [9.17, 15) is 4.79 Å². The summed E-state index contributed by atoms with van der Waals surface area (Å²) in [7, 11) is 1.65. The summed E-state index contributed by atoms with van der Waals surface area (Å²) in [5, 5.41) is 4.03. The number of anilines is 2. The summed E-state index contributed by atoms with van der Waals surface area (Å²) in [5.41, 5.74) is 2.46. The topological polar surface area (TPSA) is 91.2 Å². The molecule has 0 aromatic carbocycles. The average molecular weight is 488 g/mol. The van der Waals surface area contributed by atoms with Crippen molar-refractivity contribution in [2.24, 2.45) is 0 Å². The molecule has 0 saturated heterocycles. The van der Waals surface area contributed by atoms with Crippen LogP contribution in [-0.4, -0.2) is 39.8 Å². The molecule has 0 spiro atoms. The number of aryl methyl sites for hydroxylation is 1. The number of hydrogen-bond donors (Lipinski definition) is 1. The van der Waals surface area contributed by atoms with Gasteiger partial charge in [0.25, 0.3) is 5.56 Å². The second-order valence-corrected chi connectivity index (χ2v) is 8.50. The van der Waals surface area contributed by atoms with E-state index in [0.717, 1.165) is 42.2 Å². The minimum Gasteiger partial charge on any atom is -0.382 e. The third kappa shape index (κ3) is 4.78. The molecule has 164 valence electrons. The number of fused-ring (bicyclic) bond motifs is 1. The largest absolute Gasteiger partial charge is 0.382 e. The van der Waals surface area contributed by atoms with E-state index < -0.39 is 0 Å². The van der Waals surface area contributed by atoms with E-state index in [2.05, 4.69) is 31.2 Å². The van der Waals surface area contributed by atoms with Crippen molar-refractivity contribution in [1.29, 1.82) is 0 Å². The van der Waals surface area contributed by atoms with Gasteiger partial charge in [-0.25, -0.2) is 9.97 Å². The van der Waals surface area contributed by atoms with Crippen molar-refractivity contribution in [3.8, 4) is 0 Å². The first-order chi connectivity index (χ1) is 15.1. The Morgan fingerprint density at radius 3 is 2.71 bits per heavy atom. The van der Waals surface area contributed by atoms with E-state index in [1.165, 1.54) is 0 Å². The van der Waals surface area contributed by atoms with Crippen LogP contribution >= 0.6 is 15.9 Å².